The first-order valence-corrected chi connectivity index (χ1v) is 9.74. The van der Waals surface area contributed by atoms with Gasteiger partial charge in [0.1, 0.15) is 11.5 Å². The Bertz CT molecular complexity index is 991. The lowest BCUT2D eigenvalue weighted by molar-refractivity contribution is -0.140. The van der Waals surface area contributed by atoms with Crippen LogP contribution < -0.4 is 9.47 Å². The van der Waals surface area contributed by atoms with Crippen LogP contribution in [0.25, 0.3) is 11.1 Å². The lowest BCUT2D eigenvalue weighted by Gasteiger charge is -2.46. The molecule has 2 amide bonds. The zero-order valence-electron chi connectivity index (χ0n) is 15.8. The highest BCUT2D eigenvalue weighted by molar-refractivity contribution is 5.89. The molecular weight excluding hydrogens is 356 g/mol. The van der Waals surface area contributed by atoms with E-state index in [2.05, 4.69) is 12.1 Å². The predicted molar refractivity (Wildman–Crippen MR) is 101 cm³/mol. The van der Waals surface area contributed by atoms with Crippen LogP contribution in [0.1, 0.15) is 48.6 Å². The highest BCUT2D eigenvalue weighted by Gasteiger charge is 2.45. The van der Waals surface area contributed by atoms with Gasteiger partial charge in [0.05, 0.1) is 0 Å². The summed E-state index contributed by atoms with van der Waals surface area (Å²) in [6.07, 6.45) is 0.758. The summed E-state index contributed by atoms with van der Waals surface area (Å²) in [5.41, 5.74) is 6.55. The predicted octanol–water partition coefficient (Wildman–Crippen LogP) is 2.94. The summed E-state index contributed by atoms with van der Waals surface area (Å²) in [5.74, 6) is 1.54. The lowest BCUT2D eigenvalue weighted by Crippen LogP contribution is -2.46. The second kappa shape index (κ2) is 5.28. The molecule has 28 heavy (non-hydrogen) atoms. The van der Waals surface area contributed by atoms with Crippen molar-refractivity contribution >= 4 is 11.8 Å². The number of ether oxygens (including phenoxy) is 2. The molecule has 2 aromatic carbocycles. The highest BCUT2D eigenvalue weighted by atomic mass is 16.5. The molecule has 4 aliphatic rings. The average Bonchev–Trinajstić information content (AvgIpc) is 2.69. The highest BCUT2D eigenvalue weighted by Crippen LogP contribution is 2.57. The van der Waals surface area contributed by atoms with Gasteiger partial charge in [-0.3, -0.25) is 9.59 Å². The third-order valence-electron chi connectivity index (χ3n) is 6.44. The molecule has 0 saturated carbocycles. The van der Waals surface area contributed by atoms with Gasteiger partial charge in [-0.15, -0.1) is 0 Å². The molecule has 0 saturated heterocycles. The maximum atomic E-state index is 12.2. The summed E-state index contributed by atoms with van der Waals surface area (Å²) in [5, 5.41) is 0. The minimum Gasteiger partial charge on any atom is -0.465 e. The Labute approximate surface area is 162 Å². The second-order valence-electron chi connectivity index (χ2n) is 7.89. The van der Waals surface area contributed by atoms with E-state index in [1.165, 1.54) is 11.1 Å². The number of nitrogens with zero attached hydrogens (tertiary/aromatic N) is 2. The number of carbonyl (C=O) groups excluding carboxylic acids is 2. The zero-order valence-corrected chi connectivity index (χ0v) is 15.8. The van der Waals surface area contributed by atoms with Gasteiger partial charge in [0.15, 0.2) is 0 Å². The van der Waals surface area contributed by atoms with Crippen molar-refractivity contribution in [3.8, 4) is 22.6 Å². The zero-order chi connectivity index (χ0) is 19.2. The number of benzene rings is 2. The van der Waals surface area contributed by atoms with Crippen LogP contribution in [-0.4, -0.2) is 34.7 Å². The minimum atomic E-state index is -0.422. The molecule has 6 rings (SSSR count). The van der Waals surface area contributed by atoms with E-state index in [0.29, 0.717) is 13.1 Å². The molecule has 142 valence electrons. The van der Waals surface area contributed by atoms with Gasteiger partial charge >= 0.3 is 0 Å². The van der Waals surface area contributed by atoms with Gasteiger partial charge in [0.25, 0.3) is 0 Å². The summed E-state index contributed by atoms with van der Waals surface area (Å²) in [6, 6.07) is 8.16. The van der Waals surface area contributed by atoms with Crippen LogP contribution in [0.4, 0.5) is 0 Å². The maximum Gasteiger partial charge on any atom is 0.222 e. The fraction of sp³-hybridized carbons (Fsp3) is 0.364. The van der Waals surface area contributed by atoms with E-state index < -0.39 is 12.5 Å². The van der Waals surface area contributed by atoms with Gasteiger partial charge in [-0.25, -0.2) is 0 Å². The first-order valence-electron chi connectivity index (χ1n) is 9.74. The van der Waals surface area contributed by atoms with Crippen LogP contribution in [0.3, 0.4) is 0 Å². The Morgan fingerprint density at radius 2 is 1.21 bits per heavy atom. The standard InChI is InChI=1S/C22H20N2O4/c1-11(25)23-9-7-13-3-6-16-19-17(13)21(23)27-15-5-4-14-8-10-24(12(2)26)22(28-16)18(14)20(15)19/h3-6,21-22H,7-10H2,1-2H3. The summed E-state index contributed by atoms with van der Waals surface area (Å²) >= 11 is 0. The quantitative estimate of drug-likeness (QED) is 0.709. The number of rotatable bonds is 0. The molecule has 0 fully saturated rings. The van der Waals surface area contributed by atoms with Crippen molar-refractivity contribution in [1.29, 1.82) is 0 Å². The van der Waals surface area contributed by atoms with Gasteiger partial charge in [-0.1, -0.05) is 12.1 Å². The Morgan fingerprint density at radius 3 is 1.61 bits per heavy atom. The van der Waals surface area contributed by atoms with E-state index in [0.717, 1.165) is 46.6 Å². The molecule has 4 heterocycles. The molecule has 6 nitrogen and oxygen atoms in total. The van der Waals surface area contributed by atoms with Crippen LogP contribution in [0.15, 0.2) is 24.3 Å². The van der Waals surface area contributed by atoms with E-state index in [4.69, 9.17) is 9.47 Å². The average molecular weight is 376 g/mol. The third kappa shape index (κ3) is 1.87. The number of hydrogen-bond donors (Lipinski definition) is 0. The van der Waals surface area contributed by atoms with Crippen LogP contribution in [-0.2, 0) is 22.4 Å². The van der Waals surface area contributed by atoms with Crippen molar-refractivity contribution in [3.05, 3.63) is 46.5 Å². The summed E-state index contributed by atoms with van der Waals surface area (Å²) in [7, 11) is 0. The molecule has 2 atom stereocenters. The van der Waals surface area contributed by atoms with Crippen molar-refractivity contribution in [1.82, 2.24) is 9.80 Å². The molecule has 0 radical (unpaired) electrons. The molecule has 2 unspecified atom stereocenters. The smallest absolute Gasteiger partial charge is 0.222 e. The van der Waals surface area contributed by atoms with Crippen LogP contribution in [0.5, 0.6) is 11.5 Å². The van der Waals surface area contributed by atoms with Gasteiger partial charge in [-0.05, 0) is 36.1 Å². The van der Waals surface area contributed by atoms with Crippen molar-refractivity contribution in [2.75, 3.05) is 13.1 Å². The van der Waals surface area contributed by atoms with Crippen molar-refractivity contribution in [2.45, 2.75) is 39.1 Å². The lowest BCUT2D eigenvalue weighted by atomic mass is 9.80. The summed E-state index contributed by atoms with van der Waals surface area (Å²) in [6.45, 7) is 4.47. The Hall–Kier alpha value is -3.02. The summed E-state index contributed by atoms with van der Waals surface area (Å²) in [4.78, 5) is 28.1. The van der Waals surface area contributed by atoms with E-state index in [1.54, 1.807) is 23.6 Å². The van der Waals surface area contributed by atoms with E-state index in [1.807, 2.05) is 12.1 Å². The number of carbonyl (C=O) groups is 2. The van der Waals surface area contributed by atoms with E-state index >= 15 is 0 Å². The van der Waals surface area contributed by atoms with Gasteiger partial charge in [0.2, 0.25) is 24.3 Å². The molecule has 0 aliphatic carbocycles. The normalized spacial score (nSPS) is 22.8. The molecule has 2 aromatic rings. The number of amides is 2. The topological polar surface area (TPSA) is 59.1 Å². The Balaban J connectivity index is 1.64. The van der Waals surface area contributed by atoms with E-state index in [-0.39, 0.29) is 11.8 Å². The summed E-state index contributed by atoms with van der Waals surface area (Å²) < 4.78 is 12.8. The fourth-order valence-electron chi connectivity index (χ4n) is 5.16. The molecular formula is C22H20N2O4. The maximum absolute atomic E-state index is 12.2. The van der Waals surface area contributed by atoms with Crippen LogP contribution in [0.2, 0.25) is 0 Å². The van der Waals surface area contributed by atoms with Crippen molar-refractivity contribution < 1.29 is 19.1 Å². The molecule has 0 bridgehead atoms. The fourth-order valence-corrected chi connectivity index (χ4v) is 5.16. The van der Waals surface area contributed by atoms with Crippen molar-refractivity contribution in [3.63, 3.8) is 0 Å². The Morgan fingerprint density at radius 1 is 0.786 bits per heavy atom. The van der Waals surface area contributed by atoms with Crippen LogP contribution >= 0.6 is 0 Å². The SMILES string of the molecule is CC(=O)N1CCc2ccc3c4c2C1Oc1ccc2c(c1-4)C(O3)N(C(C)=O)CC2. The van der Waals surface area contributed by atoms with Gasteiger partial charge < -0.3 is 19.3 Å². The van der Waals surface area contributed by atoms with Gasteiger partial charge in [-0.2, -0.15) is 0 Å². The van der Waals surface area contributed by atoms with Crippen molar-refractivity contribution in [2.24, 2.45) is 0 Å². The monoisotopic (exact) mass is 376 g/mol. The second-order valence-corrected chi connectivity index (χ2v) is 7.89. The molecule has 0 N–H and O–H groups in total. The van der Waals surface area contributed by atoms with E-state index in [9.17, 15) is 9.59 Å². The largest absolute Gasteiger partial charge is 0.465 e. The molecule has 6 heteroatoms. The molecule has 0 spiro atoms. The first-order chi connectivity index (χ1) is 13.5. The molecule has 0 aromatic heterocycles. The third-order valence-corrected chi connectivity index (χ3v) is 6.44. The first kappa shape index (κ1) is 16.0. The molecule has 4 aliphatic heterocycles. The Kier molecular flexibility index (Phi) is 3.01. The minimum absolute atomic E-state index is 0.00650. The van der Waals surface area contributed by atoms with Gasteiger partial charge in [0, 0.05) is 49.2 Å². The number of hydrogen-bond acceptors (Lipinski definition) is 4. The van der Waals surface area contributed by atoms with Crippen LogP contribution in [0, 0.1) is 0 Å².